The van der Waals surface area contributed by atoms with E-state index in [1.807, 2.05) is 19.9 Å². The highest BCUT2D eigenvalue weighted by atomic mass is 32.2. The van der Waals surface area contributed by atoms with Gasteiger partial charge in [-0.15, -0.1) is 0 Å². The molecule has 4 rings (SSSR count). The molecule has 0 aliphatic carbocycles. The van der Waals surface area contributed by atoms with Gasteiger partial charge in [0.25, 0.3) is 10.2 Å². The van der Waals surface area contributed by atoms with Crippen molar-refractivity contribution >= 4 is 10.2 Å². The minimum atomic E-state index is -3.60. The molecule has 2 fully saturated rings. The van der Waals surface area contributed by atoms with Crippen molar-refractivity contribution in [3.8, 4) is 0 Å². The number of benzene rings is 1. The zero-order chi connectivity index (χ0) is 20.9. The van der Waals surface area contributed by atoms with Crippen LogP contribution in [0, 0.1) is 31.5 Å². The van der Waals surface area contributed by atoms with E-state index in [9.17, 15) is 12.8 Å². The van der Waals surface area contributed by atoms with Crippen LogP contribution in [-0.4, -0.2) is 55.7 Å². The fraction of sp³-hybridized carbons (Fsp3) is 0.524. The first-order valence-electron chi connectivity index (χ1n) is 9.90. The average molecular weight is 422 g/mol. The second kappa shape index (κ2) is 7.50. The van der Waals surface area contributed by atoms with Crippen LogP contribution in [0.2, 0.25) is 0 Å². The predicted octanol–water partition coefficient (Wildman–Crippen LogP) is 2.95. The first-order chi connectivity index (χ1) is 13.7. The van der Waals surface area contributed by atoms with Gasteiger partial charge >= 0.3 is 0 Å². The molecule has 3 atom stereocenters. The number of hydrogen-bond acceptors (Lipinski definition) is 4. The Bertz CT molecular complexity index is 985. The Kier molecular flexibility index (Phi) is 5.31. The van der Waals surface area contributed by atoms with Gasteiger partial charge in [0.05, 0.1) is 12.6 Å². The standard InChI is InChI=1S/C21H28FN3O3S/c1-14-8-19(28-15(14)2)12-24-10-17-11-25(29(26,27)23(3)4)21(20(17)13-24)16-6-5-7-18(22)9-16/h5-9,17,20-21H,10-13H2,1-4H3/t17-,20-,21+/m0/s1. The van der Waals surface area contributed by atoms with Crippen LogP contribution >= 0.6 is 0 Å². The van der Waals surface area contributed by atoms with E-state index in [1.54, 1.807) is 24.5 Å². The summed E-state index contributed by atoms with van der Waals surface area (Å²) in [7, 11) is -0.517. The summed E-state index contributed by atoms with van der Waals surface area (Å²) in [5.41, 5.74) is 1.86. The van der Waals surface area contributed by atoms with E-state index in [2.05, 4.69) is 11.0 Å². The highest BCUT2D eigenvalue weighted by Crippen LogP contribution is 2.47. The van der Waals surface area contributed by atoms with Crippen molar-refractivity contribution in [1.82, 2.24) is 13.5 Å². The maximum atomic E-state index is 13.9. The first kappa shape index (κ1) is 20.5. The summed E-state index contributed by atoms with van der Waals surface area (Å²) in [5, 5.41) is 0. The van der Waals surface area contributed by atoms with Crippen LogP contribution in [0.4, 0.5) is 4.39 Å². The van der Waals surface area contributed by atoms with Crippen molar-refractivity contribution in [3.63, 3.8) is 0 Å². The van der Waals surface area contributed by atoms with E-state index >= 15 is 0 Å². The lowest BCUT2D eigenvalue weighted by Crippen LogP contribution is -2.42. The number of likely N-dealkylation sites (tertiary alicyclic amines) is 1. The molecule has 1 aromatic carbocycles. The minimum absolute atomic E-state index is 0.115. The van der Waals surface area contributed by atoms with Gasteiger partial charge in [-0.2, -0.15) is 17.0 Å². The number of halogens is 1. The molecular formula is C21H28FN3O3S. The second-order valence-corrected chi connectivity index (χ2v) is 10.5. The quantitative estimate of drug-likeness (QED) is 0.745. The molecule has 2 aliphatic rings. The maximum absolute atomic E-state index is 13.9. The second-order valence-electron chi connectivity index (χ2n) is 8.43. The van der Waals surface area contributed by atoms with Crippen molar-refractivity contribution in [3.05, 3.63) is 58.8 Å². The Morgan fingerprint density at radius 2 is 1.93 bits per heavy atom. The molecule has 158 valence electrons. The molecular weight excluding hydrogens is 393 g/mol. The number of aryl methyl sites for hydroxylation is 2. The van der Waals surface area contributed by atoms with Gasteiger partial charge in [-0.3, -0.25) is 4.90 Å². The van der Waals surface area contributed by atoms with E-state index in [4.69, 9.17) is 4.42 Å². The topological polar surface area (TPSA) is 57.0 Å². The summed E-state index contributed by atoms with van der Waals surface area (Å²) < 4.78 is 48.5. The fourth-order valence-corrected chi connectivity index (χ4v) is 6.09. The lowest BCUT2D eigenvalue weighted by Gasteiger charge is -2.31. The van der Waals surface area contributed by atoms with Crippen LogP contribution in [0.3, 0.4) is 0 Å². The van der Waals surface area contributed by atoms with Crippen molar-refractivity contribution in [1.29, 1.82) is 0 Å². The third-order valence-corrected chi connectivity index (χ3v) is 8.13. The van der Waals surface area contributed by atoms with E-state index in [0.29, 0.717) is 13.1 Å². The monoisotopic (exact) mass is 421 g/mol. The summed E-state index contributed by atoms with van der Waals surface area (Å²) in [4.78, 5) is 2.32. The fourth-order valence-electron chi connectivity index (χ4n) is 4.73. The molecule has 8 heteroatoms. The number of rotatable bonds is 5. The number of fused-ring (bicyclic) bond motifs is 1. The molecule has 6 nitrogen and oxygen atoms in total. The molecule has 2 saturated heterocycles. The predicted molar refractivity (Wildman–Crippen MR) is 109 cm³/mol. The molecule has 29 heavy (non-hydrogen) atoms. The highest BCUT2D eigenvalue weighted by molar-refractivity contribution is 7.86. The molecule has 0 unspecified atom stereocenters. The van der Waals surface area contributed by atoms with E-state index in [0.717, 1.165) is 35.7 Å². The van der Waals surface area contributed by atoms with Crippen LogP contribution in [0.5, 0.6) is 0 Å². The van der Waals surface area contributed by atoms with Crippen LogP contribution in [0.25, 0.3) is 0 Å². The van der Waals surface area contributed by atoms with Gasteiger partial charge in [-0.05, 0) is 55.0 Å². The van der Waals surface area contributed by atoms with Gasteiger partial charge in [0, 0.05) is 33.7 Å². The van der Waals surface area contributed by atoms with Crippen LogP contribution < -0.4 is 0 Å². The Hall–Kier alpha value is -1.74. The van der Waals surface area contributed by atoms with Crippen LogP contribution in [0.15, 0.2) is 34.7 Å². The summed E-state index contributed by atoms with van der Waals surface area (Å²) in [6.45, 7) is 6.70. The van der Waals surface area contributed by atoms with Gasteiger partial charge < -0.3 is 4.42 Å². The van der Waals surface area contributed by atoms with Gasteiger partial charge in [0.15, 0.2) is 0 Å². The van der Waals surface area contributed by atoms with Gasteiger partial charge in [-0.1, -0.05) is 12.1 Å². The largest absolute Gasteiger partial charge is 0.465 e. The van der Waals surface area contributed by atoms with Gasteiger partial charge in [0.1, 0.15) is 17.3 Å². The summed E-state index contributed by atoms with van der Waals surface area (Å²) in [6.07, 6.45) is 0. The zero-order valence-corrected chi connectivity index (χ0v) is 18.1. The molecule has 2 aromatic rings. The minimum Gasteiger partial charge on any atom is -0.465 e. The molecule has 3 heterocycles. The third-order valence-electron chi connectivity index (χ3n) is 6.24. The molecule has 1 aromatic heterocycles. The van der Waals surface area contributed by atoms with Crippen LogP contribution in [0.1, 0.15) is 28.7 Å². The molecule has 0 N–H and O–H groups in total. The molecule has 0 amide bonds. The first-order valence-corrected chi connectivity index (χ1v) is 11.3. The summed E-state index contributed by atoms with van der Waals surface area (Å²) in [6, 6.07) is 8.04. The zero-order valence-electron chi connectivity index (χ0n) is 17.3. The summed E-state index contributed by atoms with van der Waals surface area (Å²) >= 11 is 0. The third kappa shape index (κ3) is 3.74. The van der Waals surface area contributed by atoms with E-state index in [1.165, 1.54) is 16.4 Å². The van der Waals surface area contributed by atoms with Gasteiger partial charge in [0.2, 0.25) is 0 Å². The Morgan fingerprint density at radius 3 is 2.55 bits per heavy atom. The van der Waals surface area contributed by atoms with Crippen LogP contribution in [-0.2, 0) is 16.8 Å². The average Bonchev–Trinajstić information content (AvgIpc) is 3.27. The van der Waals surface area contributed by atoms with Crippen molar-refractivity contribution in [2.24, 2.45) is 11.8 Å². The van der Waals surface area contributed by atoms with Crippen molar-refractivity contribution in [2.75, 3.05) is 33.7 Å². The molecule has 0 spiro atoms. The molecule has 0 bridgehead atoms. The Labute approximate surface area is 172 Å². The van der Waals surface area contributed by atoms with E-state index < -0.39 is 10.2 Å². The smallest absolute Gasteiger partial charge is 0.282 e. The van der Waals surface area contributed by atoms with E-state index in [-0.39, 0.29) is 23.7 Å². The van der Waals surface area contributed by atoms with Crippen molar-refractivity contribution < 1.29 is 17.2 Å². The SMILES string of the molecule is Cc1cc(CN2C[C@H]3CN(S(=O)(=O)N(C)C)[C@H](c4cccc(F)c4)[C@H]3C2)oc1C. The number of furan rings is 1. The lowest BCUT2D eigenvalue weighted by atomic mass is 9.90. The Morgan fingerprint density at radius 1 is 1.17 bits per heavy atom. The Balaban J connectivity index is 1.61. The number of hydrogen-bond donors (Lipinski definition) is 0. The van der Waals surface area contributed by atoms with Gasteiger partial charge in [-0.25, -0.2) is 4.39 Å². The summed E-state index contributed by atoms with van der Waals surface area (Å²) in [5.74, 6) is 1.84. The molecule has 0 saturated carbocycles. The molecule has 0 radical (unpaired) electrons. The lowest BCUT2D eigenvalue weighted by molar-refractivity contribution is 0.239. The maximum Gasteiger partial charge on any atom is 0.282 e. The van der Waals surface area contributed by atoms with Crippen molar-refractivity contribution in [2.45, 2.75) is 26.4 Å². The molecule has 2 aliphatic heterocycles. The highest BCUT2D eigenvalue weighted by Gasteiger charge is 2.51. The normalized spacial score (nSPS) is 25.8. The number of nitrogens with zero attached hydrogens (tertiary/aromatic N) is 3.